The van der Waals surface area contributed by atoms with E-state index in [1.165, 1.54) is 0 Å². The third-order valence-electron chi connectivity index (χ3n) is 3.50. The van der Waals surface area contributed by atoms with Gasteiger partial charge in [0.2, 0.25) is 0 Å². The van der Waals surface area contributed by atoms with Crippen molar-refractivity contribution in [3.05, 3.63) is 44.3 Å². The van der Waals surface area contributed by atoms with Crippen molar-refractivity contribution >= 4 is 33.2 Å². The number of carbonyl (C=O) groups excluding carboxylic acids is 1. The van der Waals surface area contributed by atoms with Crippen LogP contribution in [0.15, 0.2) is 28.2 Å². The second-order valence-electron chi connectivity index (χ2n) is 5.31. The number of carbonyl (C=O) groups is 1. The monoisotopic (exact) mass is 427 g/mol. The summed E-state index contributed by atoms with van der Waals surface area (Å²) < 4.78 is 17.2. The molecule has 0 radical (unpaired) electrons. The lowest BCUT2D eigenvalue weighted by molar-refractivity contribution is -0.156. The molecule has 0 unspecified atom stereocenters. The Morgan fingerprint density at radius 2 is 1.96 bits per heavy atom. The Labute approximate surface area is 160 Å². The van der Waals surface area contributed by atoms with Gasteiger partial charge in [0.05, 0.1) is 17.2 Å². The maximum atomic E-state index is 11.9. The molecule has 1 atom stereocenters. The van der Waals surface area contributed by atoms with Crippen LogP contribution in [0, 0.1) is 6.92 Å². The molecule has 0 N–H and O–H groups in total. The Hall–Kier alpha value is -1.44. The highest BCUT2D eigenvalue weighted by molar-refractivity contribution is 9.11. The summed E-state index contributed by atoms with van der Waals surface area (Å²) in [6, 6.07) is 7.68. The predicted octanol–water partition coefficient (Wildman–Crippen LogP) is 4.30. The van der Waals surface area contributed by atoms with Gasteiger partial charge in [0.15, 0.2) is 10.0 Å². The predicted molar refractivity (Wildman–Crippen MR) is 101 cm³/mol. The number of halogens is 1. The third-order valence-corrected chi connectivity index (χ3v) is 5.08. The van der Waals surface area contributed by atoms with E-state index in [-0.39, 0.29) is 5.97 Å². The summed E-state index contributed by atoms with van der Waals surface area (Å²) in [6.07, 6.45) is -0.0951. The fraction of sp³-hybridized carbons (Fsp3) is 0.444. The molecule has 136 valence electrons. The lowest BCUT2D eigenvalue weighted by atomic mass is 10.1. The van der Waals surface area contributed by atoms with Gasteiger partial charge in [-0.05, 0) is 54.4 Å². The van der Waals surface area contributed by atoms with Gasteiger partial charge < -0.3 is 14.2 Å². The van der Waals surface area contributed by atoms with Crippen molar-refractivity contribution in [2.45, 2.75) is 39.9 Å². The smallest absolute Gasteiger partial charge is 0.335 e. The average molecular weight is 428 g/mol. The quantitative estimate of drug-likeness (QED) is 0.558. The second kappa shape index (κ2) is 9.89. The minimum Gasteiger partial charge on any atom is -0.488 e. The summed E-state index contributed by atoms with van der Waals surface area (Å²) in [5.41, 5.74) is 1.97. The first kappa shape index (κ1) is 19.9. The van der Waals surface area contributed by atoms with E-state index in [2.05, 4.69) is 20.9 Å². The molecule has 0 spiro atoms. The molecule has 1 aromatic carbocycles. The van der Waals surface area contributed by atoms with Crippen LogP contribution >= 0.6 is 27.3 Å². The molecule has 2 aromatic rings. The first-order valence-electron chi connectivity index (χ1n) is 8.15. The highest BCUT2D eigenvalue weighted by atomic mass is 79.9. The summed E-state index contributed by atoms with van der Waals surface area (Å²) in [5.74, 6) is 0.452. The molecule has 0 bridgehead atoms. The summed E-state index contributed by atoms with van der Waals surface area (Å²) in [7, 11) is 0. The van der Waals surface area contributed by atoms with Crippen LogP contribution in [0.1, 0.15) is 30.0 Å². The van der Waals surface area contributed by atoms with Gasteiger partial charge in [0, 0.05) is 13.0 Å². The van der Waals surface area contributed by atoms with Gasteiger partial charge in [-0.15, -0.1) is 11.3 Å². The van der Waals surface area contributed by atoms with Crippen LogP contribution < -0.4 is 4.74 Å². The molecule has 5 nitrogen and oxygen atoms in total. The van der Waals surface area contributed by atoms with E-state index in [1.807, 2.05) is 38.1 Å². The maximum absolute atomic E-state index is 11.9. The van der Waals surface area contributed by atoms with Crippen molar-refractivity contribution in [2.24, 2.45) is 0 Å². The number of esters is 1. The molecular weight excluding hydrogens is 406 g/mol. The molecule has 0 fully saturated rings. The number of nitrogens with zero attached hydrogens (tertiary/aromatic N) is 1. The average Bonchev–Trinajstić information content (AvgIpc) is 2.91. The van der Waals surface area contributed by atoms with Gasteiger partial charge in [-0.1, -0.05) is 12.1 Å². The zero-order chi connectivity index (χ0) is 18.2. The van der Waals surface area contributed by atoms with Crippen LogP contribution in [0.2, 0.25) is 0 Å². The Morgan fingerprint density at radius 3 is 2.52 bits per heavy atom. The molecule has 0 aliphatic carbocycles. The minimum atomic E-state index is -0.575. The van der Waals surface area contributed by atoms with E-state index >= 15 is 0 Å². The van der Waals surface area contributed by atoms with Crippen LogP contribution in [0.25, 0.3) is 0 Å². The highest BCUT2D eigenvalue weighted by Crippen LogP contribution is 2.24. The standard InChI is InChI=1S/C18H22BrNO4S/c1-4-22-15(17(21)23-5-2)10-13-6-8-14(9-7-13)24-11-16-12(3)20-18(19)25-16/h6-9,15H,4-5,10-11H2,1-3H3/t15-/m1/s1. The van der Waals surface area contributed by atoms with E-state index in [0.29, 0.717) is 26.2 Å². The Bertz CT molecular complexity index is 687. The van der Waals surface area contributed by atoms with Gasteiger partial charge in [-0.25, -0.2) is 9.78 Å². The molecule has 7 heteroatoms. The molecular formula is C18H22BrNO4S. The third kappa shape index (κ3) is 6.09. The molecule has 0 amide bonds. The van der Waals surface area contributed by atoms with Gasteiger partial charge >= 0.3 is 5.97 Å². The normalized spacial score (nSPS) is 12.0. The minimum absolute atomic E-state index is 0.323. The van der Waals surface area contributed by atoms with Crippen LogP contribution in [0.3, 0.4) is 0 Å². The summed E-state index contributed by atoms with van der Waals surface area (Å²) in [4.78, 5) is 17.3. The van der Waals surface area contributed by atoms with Crippen molar-refractivity contribution in [2.75, 3.05) is 13.2 Å². The van der Waals surface area contributed by atoms with Crippen LogP contribution in [-0.4, -0.2) is 30.3 Å². The molecule has 25 heavy (non-hydrogen) atoms. The van der Waals surface area contributed by atoms with Gasteiger partial charge in [-0.3, -0.25) is 0 Å². The van der Waals surface area contributed by atoms with E-state index in [1.54, 1.807) is 18.3 Å². The number of ether oxygens (including phenoxy) is 3. The van der Waals surface area contributed by atoms with Crippen molar-refractivity contribution in [3.8, 4) is 5.75 Å². The van der Waals surface area contributed by atoms with Crippen LogP contribution in [0.4, 0.5) is 0 Å². The van der Waals surface area contributed by atoms with Crippen molar-refractivity contribution in [1.82, 2.24) is 4.98 Å². The van der Waals surface area contributed by atoms with Gasteiger partial charge in [0.25, 0.3) is 0 Å². The fourth-order valence-electron chi connectivity index (χ4n) is 2.26. The molecule has 0 aliphatic rings. The van der Waals surface area contributed by atoms with E-state index < -0.39 is 6.10 Å². The van der Waals surface area contributed by atoms with E-state index in [0.717, 1.165) is 25.8 Å². The Morgan fingerprint density at radius 1 is 1.24 bits per heavy atom. The highest BCUT2D eigenvalue weighted by Gasteiger charge is 2.20. The number of aromatic nitrogens is 1. The number of hydrogen-bond acceptors (Lipinski definition) is 6. The van der Waals surface area contributed by atoms with E-state index in [4.69, 9.17) is 14.2 Å². The zero-order valence-corrected chi connectivity index (χ0v) is 17.0. The number of rotatable bonds is 9. The molecule has 0 aliphatic heterocycles. The summed E-state index contributed by atoms with van der Waals surface area (Å²) in [5, 5.41) is 0. The molecule has 0 saturated heterocycles. The second-order valence-corrected chi connectivity index (χ2v) is 7.67. The molecule has 0 saturated carbocycles. The number of benzene rings is 1. The van der Waals surface area contributed by atoms with E-state index in [9.17, 15) is 4.79 Å². The van der Waals surface area contributed by atoms with Crippen molar-refractivity contribution in [3.63, 3.8) is 0 Å². The lowest BCUT2D eigenvalue weighted by Crippen LogP contribution is -2.28. The SMILES string of the molecule is CCOC(=O)[C@@H](Cc1ccc(OCc2sc(Br)nc2C)cc1)OCC. The van der Waals surface area contributed by atoms with Crippen molar-refractivity contribution < 1.29 is 19.0 Å². The first-order chi connectivity index (χ1) is 12.0. The Balaban J connectivity index is 1.94. The van der Waals surface area contributed by atoms with Crippen molar-refractivity contribution in [1.29, 1.82) is 0 Å². The van der Waals surface area contributed by atoms with Gasteiger partial charge in [0.1, 0.15) is 12.4 Å². The Kier molecular flexibility index (Phi) is 7.87. The molecule has 1 heterocycles. The van der Waals surface area contributed by atoms with Crippen LogP contribution in [0.5, 0.6) is 5.75 Å². The maximum Gasteiger partial charge on any atom is 0.335 e. The number of aryl methyl sites for hydroxylation is 1. The molecule has 2 rings (SSSR count). The number of hydrogen-bond donors (Lipinski definition) is 0. The molecule has 1 aromatic heterocycles. The first-order valence-corrected chi connectivity index (χ1v) is 9.76. The summed E-state index contributed by atoms with van der Waals surface area (Å²) >= 11 is 4.95. The topological polar surface area (TPSA) is 57.7 Å². The van der Waals surface area contributed by atoms with Crippen LogP contribution in [-0.2, 0) is 27.3 Å². The lowest BCUT2D eigenvalue weighted by Gasteiger charge is -2.15. The fourth-order valence-corrected chi connectivity index (χ4v) is 3.81. The number of thiazole rings is 1. The van der Waals surface area contributed by atoms with Gasteiger partial charge in [-0.2, -0.15) is 0 Å². The summed E-state index contributed by atoms with van der Waals surface area (Å²) in [6.45, 7) is 6.92. The largest absolute Gasteiger partial charge is 0.488 e. The zero-order valence-electron chi connectivity index (χ0n) is 14.6.